The summed E-state index contributed by atoms with van der Waals surface area (Å²) >= 11 is 0. The van der Waals surface area contributed by atoms with Crippen LogP contribution in [0.4, 0.5) is 0 Å². The van der Waals surface area contributed by atoms with Crippen molar-refractivity contribution in [2.45, 2.75) is 19.8 Å². The molecule has 0 aliphatic heterocycles. The molecule has 5 nitrogen and oxygen atoms in total. The van der Waals surface area contributed by atoms with Gasteiger partial charge in [-0.25, -0.2) is 0 Å². The van der Waals surface area contributed by atoms with Gasteiger partial charge >= 0.3 is 0 Å². The minimum Gasteiger partial charge on any atom is -0.357 e. The average Bonchev–Trinajstić information content (AvgIpc) is 2.79. The second-order valence-electron chi connectivity index (χ2n) is 3.44. The van der Waals surface area contributed by atoms with E-state index in [4.69, 9.17) is 0 Å². The lowest BCUT2D eigenvalue weighted by atomic mass is 10.3. The zero-order valence-corrected chi connectivity index (χ0v) is 9.38. The van der Waals surface area contributed by atoms with Crippen molar-refractivity contribution < 1.29 is 9.59 Å². The van der Waals surface area contributed by atoms with Crippen LogP contribution in [0.1, 0.15) is 30.3 Å². The highest BCUT2D eigenvalue weighted by atomic mass is 16.2. The number of aromatic nitrogens is 1. The smallest absolute Gasteiger partial charge is 0.267 e. The van der Waals surface area contributed by atoms with Gasteiger partial charge in [0.1, 0.15) is 5.69 Å². The Bertz CT molecular complexity index is 333. The fraction of sp³-hybridized carbons (Fsp3) is 0.455. The summed E-state index contributed by atoms with van der Waals surface area (Å²) in [7, 11) is 0. The maximum absolute atomic E-state index is 11.4. The van der Waals surface area contributed by atoms with Crippen molar-refractivity contribution in [3.8, 4) is 0 Å². The van der Waals surface area contributed by atoms with E-state index in [9.17, 15) is 9.59 Å². The molecule has 5 heteroatoms. The summed E-state index contributed by atoms with van der Waals surface area (Å²) in [6.07, 6.45) is 2.91. The Labute approximate surface area is 94.6 Å². The first kappa shape index (κ1) is 12.3. The van der Waals surface area contributed by atoms with Gasteiger partial charge in [-0.1, -0.05) is 6.92 Å². The van der Waals surface area contributed by atoms with Crippen LogP contribution in [0, 0.1) is 0 Å². The molecule has 0 aliphatic rings. The first-order valence-electron chi connectivity index (χ1n) is 5.42. The summed E-state index contributed by atoms with van der Waals surface area (Å²) in [4.78, 5) is 25.4. The molecule has 3 N–H and O–H groups in total. The third-order valence-electron chi connectivity index (χ3n) is 2.05. The number of hydrogen-bond acceptors (Lipinski definition) is 2. The molecule has 16 heavy (non-hydrogen) atoms. The van der Waals surface area contributed by atoms with Crippen LogP contribution >= 0.6 is 0 Å². The molecule has 1 aromatic heterocycles. The van der Waals surface area contributed by atoms with Crippen LogP contribution < -0.4 is 10.6 Å². The Balaban J connectivity index is 2.16. The first-order chi connectivity index (χ1) is 7.74. The Hall–Kier alpha value is -1.78. The standard InChI is InChI=1S/C11H17N3O2/c1-2-6-13-10(15)5-8-14-11(16)9-4-3-7-12-9/h3-4,7,12H,2,5-6,8H2,1H3,(H,13,15)(H,14,16). The average molecular weight is 223 g/mol. The van der Waals surface area contributed by atoms with E-state index >= 15 is 0 Å². The van der Waals surface area contributed by atoms with E-state index in [2.05, 4.69) is 15.6 Å². The number of carbonyl (C=O) groups is 2. The quantitative estimate of drug-likeness (QED) is 0.662. The van der Waals surface area contributed by atoms with Gasteiger partial charge in [0, 0.05) is 25.7 Å². The fourth-order valence-electron chi connectivity index (χ4n) is 1.21. The number of nitrogens with one attached hydrogen (secondary N) is 3. The molecule has 88 valence electrons. The zero-order chi connectivity index (χ0) is 11.8. The maximum atomic E-state index is 11.4. The van der Waals surface area contributed by atoms with Gasteiger partial charge in [-0.3, -0.25) is 9.59 Å². The molecule has 0 saturated heterocycles. The van der Waals surface area contributed by atoms with Gasteiger partial charge in [-0.05, 0) is 18.6 Å². The van der Waals surface area contributed by atoms with Crippen molar-refractivity contribution in [2.75, 3.05) is 13.1 Å². The molecule has 1 aromatic rings. The van der Waals surface area contributed by atoms with Crippen LogP contribution in [-0.2, 0) is 4.79 Å². The molecule has 0 bridgehead atoms. The third kappa shape index (κ3) is 4.16. The van der Waals surface area contributed by atoms with Crippen molar-refractivity contribution >= 4 is 11.8 Å². The van der Waals surface area contributed by atoms with Crippen molar-refractivity contribution in [3.63, 3.8) is 0 Å². The number of rotatable bonds is 6. The highest BCUT2D eigenvalue weighted by Crippen LogP contribution is 1.93. The monoisotopic (exact) mass is 223 g/mol. The summed E-state index contributed by atoms with van der Waals surface area (Å²) in [5.41, 5.74) is 0.508. The molecule has 0 unspecified atom stereocenters. The Morgan fingerprint density at radius 1 is 1.31 bits per heavy atom. The van der Waals surface area contributed by atoms with Crippen LogP contribution in [0.2, 0.25) is 0 Å². The summed E-state index contributed by atoms with van der Waals surface area (Å²) in [6.45, 7) is 3.03. The molecule has 0 aliphatic carbocycles. The molecular formula is C11H17N3O2. The van der Waals surface area contributed by atoms with Crippen LogP contribution in [0.25, 0.3) is 0 Å². The first-order valence-corrected chi connectivity index (χ1v) is 5.42. The van der Waals surface area contributed by atoms with Gasteiger partial charge in [0.15, 0.2) is 0 Å². The van der Waals surface area contributed by atoms with Crippen LogP contribution in [0.5, 0.6) is 0 Å². The van der Waals surface area contributed by atoms with Gasteiger partial charge in [-0.2, -0.15) is 0 Å². The zero-order valence-electron chi connectivity index (χ0n) is 9.38. The van der Waals surface area contributed by atoms with E-state index in [0.717, 1.165) is 6.42 Å². The van der Waals surface area contributed by atoms with Gasteiger partial charge in [0.25, 0.3) is 5.91 Å². The molecule has 0 spiro atoms. The van der Waals surface area contributed by atoms with Gasteiger partial charge < -0.3 is 15.6 Å². The predicted molar refractivity (Wildman–Crippen MR) is 61.0 cm³/mol. The number of amides is 2. The van der Waals surface area contributed by atoms with Crippen molar-refractivity contribution in [3.05, 3.63) is 24.0 Å². The molecular weight excluding hydrogens is 206 g/mol. The van der Waals surface area contributed by atoms with E-state index in [-0.39, 0.29) is 11.8 Å². The summed E-state index contributed by atoms with van der Waals surface area (Å²) in [5.74, 6) is -0.220. The molecule has 2 amide bonds. The van der Waals surface area contributed by atoms with Crippen molar-refractivity contribution in [2.24, 2.45) is 0 Å². The SMILES string of the molecule is CCCNC(=O)CCNC(=O)c1ccc[nH]1. The molecule has 0 fully saturated rings. The molecule has 0 saturated carbocycles. The van der Waals surface area contributed by atoms with Crippen LogP contribution in [0.15, 0.2) is 18.3 Å². The highest BCUT2D eigenvalue weighted by molar-refractivity contribution is 5.92. The Morgan fingerprint density at radius 2 is 2.12 bits per heavy atom. The number of hydrogen-bond donors (Lipinski definition) is 3. The van der Waals surface area contributed by atoms with Crippen LogP contribution in [0.3, 0.4) is 0 Å². The fourth-order valence-corrected chi connectivity index (χ4v) is 1.21. The second kappa shape index (κ2) is 6.66. The number of carbonyl (C=O) groups excluding carboxylic acids is 2. The Morgan fingerprint density at radius 3 is 2.75 bits per heavy atom. The summed E-state index contributed by atoms with van der Waals surface area (Å²) in [6, 6.07) is 3.44. The highest BCUT2D eigenvalue weighted by Gasteiger charge is 2.06. The molecule has 1 rings (SSSR count). The van der Waals surface area contributed by atoms with Crippen molar-refractivity contribution in [1.29, 1.82) is 0 Å². The van der Waals surface area contributed by atoms with Gasteiger partial charge in [0.05, 0.1) is 0 Å². The minimum atomic E-state index is -0.187. The normalized spacial score (nSPS) is 9.81. The van der Waals surface area contributed by atoms with E-state index < -0.39 is 0 Å². The molecule has 1 heterocycles. The van der Waals surface area contributed by atoms with E-state index in [1.165, 1.54) is 0 Å². The Kier molecular flexibility index (Phi) is 5.11. The van der Waals surface area contributed by atoms with E-state index in [1.807, 2.05) is 6.92 Å². The van der Waals surface area contributed by atoms with E-state index in [1.54, 1.807) is 18.3 Å². The third-order valence-corrected chi connectivity index (χ3v) is 2.05. The summed E-state index contributed by atoms with van der Waals surface area (Å²) < 4.78 is 0. The lowest BCUT2D eigenvalue weighted by Gasteiger charge is -2.04. The summed E-state index contributed by atoms with van der Waals surface area (Å²) in [5, 5.41) is 5.40. The molecule has 0 aromatic carbocycles. The largest absolute Gasteiger partial charge is 0.357 e. The number of aromatic amines is 1. The lowest BCUT2D eigenvalue weighted by Crippen LogP contribution is -2.31. The predicted octanol–water partition coefficient (Wildman–Crippen LogP) is 0.661. The van der Waals surface area contributed by atoms with Crippen LogP contribution in [-0.4, -0.2) is 29.9 Å². The van der Waals surface area contributed by atoms with Crippen molar-refractivity contribution in [1.82, 2.24) is 15.6 Å². The van der Waals surface area contributed by atoms with Gasteiger partial charge in [-0.15, -0.1) is 0 Å². The minimum absolute atomic E-state index is 0.0337. The topological polar surface area (TPSA) is 74.0 Å². The number of H-pyrrole nitrogens is 1. The second-order valence-corrected chi connectivity index (χ2v) is 3.44. The lowest BCUT2D eigenvalue weighted by molar-refractivity contribution is -0.120. The van der Waals surface area contributed by atoms with E-state index in [0.29, 0.717) is 25.2 Å². The maximum Gasteiger partial charge on any atom is 0.267 e. The molecule has 0 atom stereocenters. The van der Waals surface area contributed by atoms with Gasteiger partial charge in [0.2, 0.25) is 5.91 Å². The molecule has 0 radical (unpaired) electrons.